The zero-order chi connectivity index (χ0) is 15.0. The van der Waals surface area contributed by atoms with Gasteiger partial charge in [0.2, 0.25) is 5.28 Å². The summed E-state index contributed by atoms with van der Waals surface area (Å²) < 4.78 is 1.55. The lowest BCUT2D eigenvalue weighted by Crippen LogP contribution is -2.18. The Morgan fingerprint density at radius 1 is 1.48 bits per heavy atom. The minimum atomic E-state index is -0.246. The van der Waals surface area contributed by atoms with Gasteiger partial charge in [-0.3, -0.25) is 4.79 Å². The number of aryl methyl sites for hydroxylation is 1. The minimum absolute atomic E-state index is 0.166. The van der Waals surface area contributed by atoms with Crippen LogP contribution in [0.5, 0.6) is 0 Å². The second kappa shape index (κ2) is 5.42. The Bertz CT molecular complexity index is 825. The van der Waals surface area contributed by atoms with E-state index >= 15 is 0 Å². The first-order valence-corrected chi connectivity index (χ1v) is 7.56. The van der Waals surface area contributed by atoms with E-state index in [1.54, 1.807) is 35.3 Å². The smallest absolute Gasteiger partial charge is 0.271 e. The van der Waals surface area contributed by atoms with Crippen LogP contribution < -0.4 is 5.32 Å². The fourth-order valence-corrected chi connectivity index (χ4v) is 3.15. The molecule has 0 aliphatic rings. The number of nitrogens with zero attached hydrogens (tertiary/aromatic N) is 4. The number of thiophene rings is 1. The minimum Gasteiger partial charge on any atom is -0.354 e. The standard InChI is InChI=1S/C13H12ClN5OS/c1-3-7-6-8-10(16-13(14)17-12(8)21-7)19-5-4-9(18-19)11(20)15-2/h4-6H,3H2,1-2H3,(H,15,20). The van der Waals surface area contributed by atoms with Gasteiger partial charge in [-0.1, -0.05) is 6.92 Å². The van der Waals surface area contributed by atoms with Crippen molar-refractivity contribution >= 4 is 39.1 Å². The van der Waals surface area contributed by atoms with Crippen LogP contribution in [-0.4, -0.2) is 32.7 Å². The van der Waals surface area contributed by atoms with Crippen molar-refractivity contribution in [2.75, 3.05) is 7.05 Å². The van der Waals surface area contributed by atoms with Crippen LogP contribution in [0.25, 0.3) is 16.0 Å². The van der Waals surface area contributed by atoms with Crippen molar-refractivity contribution in [3.05, 3.63) is 34.2 Å². The van der Waals surface area contributed by atoms with Gasteiger partial charge in [0.25, 0.3) is 5.91 Å². The molecular formula is C13H12ClN5OS. The summed E-state index contributed by atoms with van der Waals surface area (Å²) in [6, 6.07) is 3.67. The molecule has 0 aliphatic carbocycles. The number of halogens is 1. The summed E-state index contributed by atoms with van der Waals surface area (Å²) in [5.74, 6) is 0.334. The summed E-state index contributed by atoms with van der Waals surface area (Å²) in [5.41, 5.74) is 0.325. The third-order valence-corrected chi connectivity index (χ3v) is 4.35. The monoisotopic (exact) mass is 321 g/mol. The third-order valence-electron chi connectivity index (χ3n) is 3.01. The van der Waals surface area contributed by atoms with Crippen LogP contribution in [0.1, 0.15) is 22.3 Å². The van der Waals surface area contributed by atoms with E-state index in [0.29, 0.717) is 11.5 Å². The Morgan fingerprint density at radius 3 is 3.00 bits per heavy atom. The van der Waals surface area contributed by atoms with Crippen molar-refractivity contribution in [1.29, 1.82) is 0 Å². The summed E-state index contributed by atoms with van der Waals surface area (Å²) in [6.07, 6.45) is 2.60. The highest BCUT2D eigenvalue weighted by atomic mass is 35.5. The highest BCUT2D eigenvalue weighted by molar-refractivity contribution is 7.18. The third kappa shape index (κ3) is 2.50. The van der Waals surface area contributed by atoms with E-state index in [1.165, 1.54) is 4.88 Å². The Hall–Kier alpha value is -1.99. The zero-order valence-electron chi connectivity index (χ0n) is 11.4. The largest absolute Gasteiger partial charge is 0.354 e. The lowest BCUT2D eigenvalue weighted by molar-refractivity contribution is 0.0957. The molecule has 3 heterocycles. The number of amides is 1. The molecule has 21 heavy (non-hydrogen) atoms. The number of fused-ring (bicyclic) bond motifs is 1. The van der Waals surface area contributed by atoms with E-state index in [9.17, 15) is 4.79 Å². The second-order valence-corrected chi connectivity index (χ2v) is 5.78. The van der Waals surface area contributed by atoms with E-state index in [1.807, 2.05) is 6.07 Å². The first-order valence-electron chi connectivity index (χ1n) is 6.36. The summed E-state index contributed by atoms with van der Waals surface area (Å²) in [4.78, 5) is 22.1. The molecule has 8 heteroatoms. The maximum Gasteiger partial charge on any atom is 0.271 e. The molecule has 0 saturated heterocycles. The van der Waals surface area contributed by atoms with Crippen LogP contribution in [0, 0.1) is 0 Å². The maximum atomic E-state index is 11.6. The van der Waals surface area contributed by atoms with Crippen LogP contribution in [0.15, 0.2) is 18.3 Å². The van der Waals surface area contributed by atoms with Crippen molar-refractivity contribution in [2.24, 2.45) is 0 Å². The molecule has 3 aromatic heterocycles. The van der Waals surface area contributed by atoms with Gasteiger partial charge in [-0.2, -0.15) is 10.1 Å². The highest BCUT2D eigenvalue weighted by Gasteiger charge is 2.15. The van der Waals surface area contributed by atoms with Gasteiger partial charge in [0, 0.05) is 18.1 Å². The predicted octanol–water partition coefficient (Wildman–Crippen LogP) is 2.45. The van der Waals surface area contributed by atoms with Crippen LogP contribution in [-0.2, 0) is 6.42 Å². The average molecular weight is 322 g/mol. The summed E-state index contributed by atoms with van der Waals surface area (Å²) in [6.45, 7) is 2.08. The van der Waals surface area contributed by atoms with Gasteiger partial charge in [-0.15, -0.1) is 11.3 Å². The number of carbonyl (C=O) groups excluding carboxylic acids is 1. The summed E-state index contributed by atoms with van der Waals surface area (Å²) in [5, 5.41) is 7.82. The summed E-state index contributed by atoms with van der Waals surface area (Å²) >= 11 is 7.57. The van der Waals surface area contributed by atoms with Gasteiger partial charge in [-0.05, 0) is 30.2 Å². The molecule has 0 aliphatic heterocycles. The number of hydrogen-bond donors (Lipinski definition) is 1. The van der Waals surface area contributed by atoms with Gasteiger partial charge in [0.1, 0.15) is 4.83 Å². The SMILES string of the molecule is CCc1cc2c(-n3ccc(C(=O)NC)n3)nc(Cl)nc2s1. The van der Waals surface area contributed by atoms with Gasteiger partial charge < -0.3 is 5.32 Å². The van der Waals surface area contributed by atoms with Crippen molar-refractivity contribution in [3.8, 4) is 5.82 Å². The van der Waals surface area contributed by atoms with Crippen LogP contribution >= 0.6 is 22.9 Å². The van der Waals surface area contributed by atoms with Crippen LogP contribution in [0.3, 0.4) is 0 Å². The van der Waals surface area contributed by atoms with Gasteiger partial charge in [0.15, 0.2) is 11.5 Å². The van der Waals surface area contributed by atoms with Crippen LogP contribution in [0.4, 0.5) is 0 Å². The molecule has 0 aromatic carbocycles. The normalized spacial score (nSPS) is 11.0. The first-order chi connectivity index (χ1) is 10.1. The number of rotatable bonds is 3. The Morgan fingerprint density at radius 2 is 2.29 bits per heavy atom. The molecule has 0 bridgehead atoms. The van der Waals surface area contributed by atoms with Crippen molar-refractivity contribution < 1.29 is 4.79 Å². The van der Waals surface area contributed by atoms with Crippen molar-refractivity contribution in [2.45, 2.75) is 13.3 Å². The second-order valence-electron chi connectivity index (χ2n) is 4.33. The zero-order valence-corrected chi connectivity index (χ0v) is 13.0. The molecule has 108 valence electrons. The van der Waals surface area contributed by atoms with Gasteiger partial charge in [0.05, 0.1) is 5.39 Å². The maximum absolute atomic E-state index is 11.6. The van der Waals surface area contributed by atoms with Gasteiger partial charge in [-0.25, -0.2) is 9.67 Å². The molecule has 6 nitrogen and oxygen atoms in total. The molecule has 0 radical (unpaired) electrons. The van der Waals surface area contributed by atoms with Gasteiger partial charge >= 0.3 is 0 Å². The lowest BCUT2D eigenvalue weighted by atomic mass is 10.3. The van der Waals surface area contributed by atoms with E-state index in [2.05, 4.69) is 27.3 Å². The summed E-state index contributed by atoms with van der Waals surface area (Å²) in [7, 11) is 1.56. The fraction of sp³-hybridized carbons (Fsp3) is 0.231. The molecule has 1 amide bonds. The first kappa shape index (κ1) is 14.0. The quantitative estimate of drug-likeness (QED) is 0.752. The van der Waals surface area contributed by atoms with E-state index in [4.69, 9.17) is 11.6 Å². The highest BCUT2D eigenvalue weighted by Crippen LogP contribution is 2.29. The molecule has 0 saturated carbocycles. The lowest BCUT2D eigenvalue weighted by Gasteiger charge is -2.02. The topological polar surface area (TPSA) is 72.7 Å². The van der Waals surface area contributed by atoms with E-state index < -0.39 is 0 Å². The molecule has 1 N–H and O–H groups in total. The number of carbonyl (C=O) groups is 1. The molecule has 0 unspecified atom stereocenters. The molecule has 0 spiro atoms. The Labute approximate surface area is 129 Å². The Balaban J connectivity index is 2.16. The molecule has 3 rings (SSSR count). The number of hydrogen-bond acceptors (Lipinski definition) is 5. The fourth-order valence-electron chi connectivity index (χ4n) is 1.97. The van der Waals surface area contributed by atoms with Crippen molar-refractivity contribution in [3.63, 3.8) is 0 Å². The van der Waals surface area contributed by atoms with E-state index in [0.717, 1.165) is 16.6 Å². The van der Waals surface area contributed by atoms with Crippen LogP contribution in [0.2, 0.25) is 5.28 Å². The van der Waals surface area contributed by atoms with E-state index in [-0.39, 0.29) is 11.2 Å². The molecule has 0 fully saturated rings. The number of nitrogens with one attached hydrogen (secondary N) is 1. The average Bonchev–Trinajstić information content (AvgIpc) is 3.11. The number of aromatic nitrogens is 4. The molecule has 0 atom stereocenters. The predicted molar refractivity (Wildman–Crippen MR) is 82.3 cm³/mol. The Kier molecular flexibility index (Phi) is 3.60. The molecular weight excluding hydrogens is 310 g/mol. The van der Waals surface area contributed by atoms with Crippen molar-refractivity contribution in [1.82, 2.24) is 25.1 Å². The molecule has 3 aromatic rings.